The van der Waals surface area contributed by atoms with Gasteiger partial charge < -0.3 is 4.74 Å². The smallest absolute Gasteiger partial charge is 0.410 e. The largest absolute Gasteiger partial charge is 0.416 e. The van der Waals surface area contributed by atoms with Crippen molar-refractivity contribution in [3.05, 3.63) is 58.2 Å². The zero-order valence-electron chi connectivity index (χ0n) is 12.6. The fourth-order valence-electron chi connectivity index (χ4n) is 2.49. The number of carbonyl (C=O) groups excluding carboxylic acids is 1. The SMILES string of the molecule is O=C(Oc1ccc([N+](=O)[O-])cc1)N1CCS[C@H]1C1=CC=CCC1=S. The summed E-state index contributed by atoms with van der Waals surface area (Å²) < 4.78 is 5.35. The van der Waals surface area contributed by atoms with Gasteiger partial charge in [-0.1, -0.05) is 30.4 Å². The maximum atomic E-state index is 12.5. The minimum atomic E-state index is -0.497. The summed E-state index contributed by atoms with van der Waals surface area (Å²) >= 11 is 7.05. The number of thiocarbonyl (C=S) groups is 1. The van der Waals surface area contributed by atoms with Crippen LogP contribution in [-0.4, -0.2) is 38.5 Å². The number of amides is 1. The molecule has 0 saturated carbocycles. The zero-order valence-corrected chi connectivity index (χ0v) is 14.2. The van der Waals surface area contributed by atoms with Crippen molar-refractivity contribution in [3.8, 4) is 5.75 Å². The molecule has 1 aliphatic carbocycles. The summed E-state index contributed by atoms with van der Waals surface area (Å²) in [5.74, 6) is 1.09. The molecule has 124 valence electrons. The molecule has 24 heavy (non-hydrogen) atoms. The van der Waals surface area contributed by atoms with Crippen LogP contribution in [0.2, 0.25) is 0 Å². The highest BCUT2D eigenvalue weighted by molar-refractivity contribution is 8.00. The van der Waals surface area contributed by atoms with Crippen LogP contribution in [0.15, 0.2) is 48.1 Å². The molecule has 0 bridgehead atoms. The number of ether oxygens (including phenoxy) is 1. The van der Waals surface area contributed by atoms with Gasteiger partial charge in [-0.05, 0) is 17.7 Å². The Hall–Kier alpha value is -2.19. The van der Waals surface area contributed by atoms with E-state index in [1.165, 1.54) is 24.3 Å². The van der Waals surface area contributed by atoms with Crippen LogP contribution in [0.4, 0.5) is 10.5 Å². The molecule has 1 aromatic rings. The molecule has 1 fully saturated rings. The van der Waals surface area contributed by atoms with Crippen molar-refractivity contribution in [2.24, 2.45) is 0 Å². The van der Waals surface area contributed by atoms with Crippen molar-refractivity contribution < 1.29 is 14.5 Å². The molecule has 1 saturated heterocycles. The molecule has 0 radical (unpaired) electrons. The Balaban J connectivity index is 1.71. The van der Waals surface area contributed by atoms with Crippen LogP contribution in [0.25, 0.3) is 0 Å². The van der Waals surface area contributed by atoms with Crippen molar-refractivity contribution in [1.82, 2.24) is 4.90 Å². The van der Waals surface area contributed by atoms with Crippen molar-refractivity contribution in [1.29, 1.82) is 0 Å². The van der Waals surface area contributed by atoms with Crippen LogP contribution < -0.4 is 4.74 Å². The van der Waals surface area contributed by atoms with E-state index in [1.54, 1.807) is 16.7 Å². The first-order valence-corrected chi connectivity index (χ1v) is 8.76. The van der Waals surface area contributed by atoms with Gasteiger partial charge >= 0.3 is 6.09 Å². The maximum Gasteiger partial charge on any atom is 0.416 e. The summed E-state index contributed by atoms with van der Waals surface area (Å²) in [5, 5.41) is 10.5. The molecule has 1 amide bonds. The third kappa shape index (κ3) is 3.49. The van der Waals surface area contributed by atoms with E-state index < -0.39 is 11.0 Å². The Morgan fingerprint density at radius 3 is 2.79 bits per heavy atom. The van der Waals surface area contributed by atoms with Crippen molar-refractivity contribution >= 4 is 40.6 Å². The summed E-state index contributed by atoms with van der Waals surface area (Å²) in [4.78, 5) is 25.1. The van der Waals surface area contributed by atoms with Crippen LogP contribution >= 0.6 is 24.0 Å². The number of hydrogen-bond donors (Lipinski definition) is 0. The lowest BCUT2D eigenvalue weighted by atomic mass is 10.0. The first kappa shape index (κ1) is 16.7. The highest BCUT2D eigenvalue weighted by atomic mass is 32.2. The second-order valence-corrected chi connectivity index (χ2v) is 6.89. The van der Waals surface area contributed by atoms with Crippen LogP contribution in [0, 0.1) is 10.1 Å². The van der Waals surface area contributed by atoms with Crippen molar-refractivity contribution in [2.75, 3.05) is 12.3 Å². The summed E-state index contributed by atoms with van der Waals surface area (Å²) in [6, 6.07) is 5.45. The molecule has 6 nitrogen and oxygen atoms in total. The molecule has 3 rings (SSSR count). The minimum Gasteiger partial charge on any atom is -0.410 e. The second kappa shape index (κ2) is 7.14. The molecule has 1 aromatic carbocycles. The lowest BCUT2D eigenvalue weighted by Gasteiger charge is -2.26. The number of thioether (sulfide) groups is 1. The molecule has 0 unspecified atom stereocenters. The minimum absolute atomic E-state index is 0.0473. The summed E-state index contributed by atoms with van der Waals surface area (Å²) in [7, 11) is 0. The number of carbonyl (C=O) groups is 1. The summed E-state index contributed by atoms with van der Waals surface area (Å²) in [6.07, 6.45) is 6.12. The summed E-state index contributed by atoms with van der Waals surface area (Å²) in [5.41, 5.74) is 0.921. The molecule has 0 aromatic heterocycles. The molecule has 0 spiro atoms. The fraction of sp³-hybridized carbons (Fsp3) is 0.250. The van der Waals surface area contributed by atoms with Crippen LogP contribution in [0.3, 0.4) is 0 Å². The molecule has 8 heteroatoms. The van der Waals surface area contributed by atoms with E-state index in [0.29, 0.717) is 13.0 Å². The van der Waals surface area contributed by atoms with Gasteiger partial charge in [0.15, 0.2) is 0 Å². The highest BCUT2D eigenvalue weighted by Crippen LogP contribution is 2.33. The van der Waals surface area contributed by atoms with Crippen LogP contribution in [-0.2, 0) is 0 Å². The van der Waals surface area contributed by atoms with Crippen LogP contribution in [0.1, 0.15) is 6.42 Å². The van der Waals surface area contributed by atoms with Gasteiger partial charge in [0, 0.05) is 35.7 Å². The van der Waals surface area contributed by atoms with Gasteiger partial charge in [0.2, 0.25) is 0 Å². The Labute approximate surface area is 148 Å². The van der Waals surface area contributed by atoms with E-state index in [1.807, 2.05) is 18.2 Å². The van der Waals surface area contributed by atoms with E-state index in [9.17, 15) is 14.9 Å². The van der Waals surface area contributed by atoms with Gasteiger partial charge in [-0.2, -0.15) is 0 Å². The molecule has 0 N–H and O–H groups in total. The number of benzene rings is 1. The number of nitro groups is 1. The topological polar surface area (TPSA) is 72.7 Å². The van der Waals surface area contributed by atoms with E-state index >= 15 is 0 Å². The molecule has 2 aliphatic rings. The van der Waals surface area contributed by atoms with Crippen LogP contribution in [0.5, 0.6) is 5.75 Å². The maximum absolute atomic E-state index is 12.5. The Morgan fingerprint density at radius 2 is 2.12 bits per heavy atom. The Morgan fingerprint density at radius 1 is 1.38 bits per heavy atom. The Kier molecular flexibility index (Phi) is 4.96. The third-order valence-electron chi connectivity index (χ3n) is 3.68. The van der Waals surface area contributed by atoms with Gasteiger partial charge in [0.1, 0.15) is 11.1 Å². The molecule has 1 atom stereocenters. The zero-order chi connectivity index (χ0) is 17.1. The number of non-ortho nitro benzene ring substituents is 1. The molecular formula is C16H14N2O4S2. The number of nitro benzene ring substituents is 1. The second-order valence-electron chi connectivity index (χ2n) is 5.21. The fourth-order valence-corrected chi connectivity index (χ4v) is 4.14. The molecule has 1 aliphatic heterocycles. The van der Waals surface area contributed by atoms with Crippen molar-refractivity contribution in [2.45, 2.75) is 11.8 Å². The van der Waals surface area contributed by atoms with E-state index in [2.05, 4.69) is 0 Å². The van der Waals surface area contributed by atoms with Gasteiger partial charge in [-0.25, -0.2) is 4.79 Å². The molecular weight excluding hydrogens is 348 g/mol. The third-order valence-corrected chi connectivity index (χ3v) is 5.33. The lowest BCUT2D eigenvalue weighted by molar-refractivity contribution is -0.384. The lowest BCUT2D eigenvalue weighted by Crippen LogP contribution is -2.39. The highest BCUT2D eigenvalue weighted by Gasteiger charge is 2.34. The van der Waals surface area contributed by atoms with Gasteiger partial charge in [0.05, 0.1) is 4.92 Å². The number of nitrogens with zero attached hydrogens (tertiary/aromatic N) is 2. The number of hydrogen-bond acceptors (Lipinski definition) is 6. The number of rotatable bonds is 3. The first-order chi connectivity index (χ1) is 11.6. The quantitative estimate of drug-likeness (QED) is 0.463. The van der Waals surface area contributed by atoms with Gasteiger partial charge in [0.25, 0.3) is 5.69 Å². The van der Waals surface area contributed by atoms with Gasteiger partial charge in [-0.3, -0.25) is 15.0 Å². The first-order valence-electron chi connectivity index (χ1n) is 7.30. The number of allylic oxidation sites excluding steroid dienone is 3. The predicted octanol–water partition coefficient (Wildman–Crippen LogP) is 3.72. The molecule has 1 heterocycles. The predicted molar refractivity (Wildman–Crippen MR) is 96.5 cm³/mol. The van der Waals surface area contributed by atoms with Gasteiger partial charge in [-0.15, -0.1) is 11.8 Å². The monoisotopic (exact) mass is 362 g/mol. The standard InChI is InChI=1S/C16H14N2O4S2/c19-16(22-12-7-5-11(6-8-12)18(20)21)17-9-10-24-15(17)13-3-1-2-4-14(13)23/h1-3,5-8,15H,4,9-10H2/t15-/m0/s1. The Bertz CT molecular complexity index is 743. The summed E-state index contributed by atoms with van der Waals surface area (Å²) in [6.45, 7) is 0.574. The normalized spacial score (nSPS) is 20.0. The van der Waals surface area contributed by atoms with E-state index in [-0.39, 0.29) is 16.8 Å². The van der Waals surface area contributed by atoms with E-state index in [0.717, 1.165) is 16.2 Å². The average Bonchev–Trinajstić information content (AvgIpc) is 3.05. The van der Waals surface area contributed by atoms with E-state index in [4.69, 9.17) is 17.0 Å². The van der Waals surface area contributed by atoms with Crippen molar-refractivity contribution in [3.63, 3.8) is 0 Å². The average molecular weight is 362 g/mol.